The van der Waals surface area contributed by atoms with Crippen molar-refractivity contribution < 1.29 is 14.3 Å². The molecule has 1 aliphatic rings. The summed E-state index contributed by atoms with van der Waals surface area (Å²) in [4.78, 5) is 14.5. The minimum absolute atomic E-state index is 0.0171. The molecule has 0 aliphatic carbocycles. The van der Waals surface area contributed by atoms with E-state index in [-0.39, 0.29) is 12.5 Å². The smallest absolute Gasteiger partial charge is 0.264 e. The number of aryl methyl sites for hydroxylation is 1. The van der Waals surface area contributed by atoms with E-state index in [9.17, 15) is 4.79 Å². The highest BCUT2D eigenvalue weighted by Gasteiger charge is 2.22. The lowest BCUT2D eigenvalue weighted by atomic mass is 10.0. The van der Waals surface area contributed by atoms with Gasteiger partial charge in [0, 0.05) is 12.2 Å². The second kappa shape index (κ2) is 8.61. The van der Waals surface area contributed by atoms with E-state index in [0.29, 0.717) is 12.4 Å². The first-order valence-corrected chi connectivity index (χ1v) is 9.57. The van der Waals surface area contributed by atoms with E-state index < -0.39 is 0 Å². The molecule has 0 unspecified atom stereocenters. The van der Waals surface area contributed by atoms with Crippen LogP contribution in [0.3, 0.4) is 0 Å². The maximum Gasteiger partial charge on any atom is 0.264 e. The van der Waals surface area contributed by atoms with E-state index in [1.54, 1.807) is 0 Å². The molecule has 0 aromatic heterocycles. The Kier molecular flexibility index (Phi) is 5.57. The van der Waals surface area contributed by atoms with E-state index in [4.69, 9.17) is 9.47 Å². The van der Waals surface area contributed by atoms with Crippen molar-refractivity contribution in [3.63, 3.8) is 0 Å². The van der Waals surface area contributed by atoms with E-state index in [1.807, 2.05) is 77.7 Å². The maximum atomic E-state index is 12.6. The van der Waals surface area contributed by atoms with Crippen LogP contribution in [0, 0.1) is 0 Å². The van der Waals surface area contributed by atoms with Crippen LogP contribution >= 0.6 is 0 Å². The van der Waals surface area contributed by atoms with E-state index in [2.05, 4.69) is 6.07 Å². The summed E-state index contributed by atoms with van der Waals surface area (Å²) in [6.07, 6.45) is 2.00. The van der Waals surface area contributed by atoms with Crippen LogP contribution in [0.2, 0.25) is 0 Å². The van der Waals surface area contributed by atoms with E-state index >= 15 is 0 Å². The fourth-order valence-electron chi connectivity index (χ4n) is 3.39. The Balaban J connectivity index is 1.31. The zero-order valence-electron chi connectivity index (χ0n) is 15.7. The molecule has 3 aromatic rings. The Morgan fingerprint density at radius 3 is 2.29 bits per heavy atom. The van der Waals surface area contributed by atoms with Crippen LogP contribution in [0.4, 0.5) is 5.69 Å². The van der Waals surface area contributed by atoms with Crippen LogP contribution in [0.5, 0.6) is 11.5 Å². The highest BCUT2D eigenvalue weighted by Crippen LogP contribution is 2.27. The molecule has 1 amide bonds. The second-order valence-electron chi connectivity index (χ2n) is 6.81. The predicted molar refractivity (Wildman–Crippen MR) is 110 cm³/mol. The molecule has 0 spiro atoms. The van der Waals surface area contributed by atoms with Crippen LogP contribution < -0.4 is 14.4 Å². The predicted octanol–water partition coefficient (Wildman–Crippen LogP) is 4.62. The van der Waals surface area contributed by atoms with Gasteiger partial charge in [-0.05, 0) is 54.3 Å². The fourth-order valence-corrected chi connectivity index (χ4v) is 3.39. The van der Waals surface area contributed by atoms with Crippen molar-refractivity contribution in [3.8, 4) is 11.5 Å². The van der Waals surface area contributed by atoms with Gasteiger partial charge >= 0.3 is 0 Å². The molecule has 0 bridgehead atoms. The van der Waals surface area contributed by atoms with Crippen LogP contribution in [0.25, 0.3) is 0 Å². The summed E-state index contributed by atoms with van der Waals surface area (Å²) < 4.78 is 11.5. The molecule has 4 rings (SSSR count). The van der Waals surface area contributed by atoms with E-state index in [0.717, 1.165) is 36.4 Å². The third-order valence-corrected chi connectivity index (χ3v) is 4.85. The van der Waals surface area contributed by atoms with Crippen LogP contribution in [0.15, 0.2) is 78.9 Å². The summed E-state index contributed by atoms with van der Waals surface area (Å²) >= 11 is 0. The van der Waals surface area contributed by atoms with Gasteiger partial charge < -0.3 is 14.4 Å². The molecule has 3 aromatic carbocycles. The molecule has 1 heterocycles. The Bertz CT molecular complexity index is 922. The molecular formula is C24H23NO3. The second-order valence-corrected chi connectivity index (χ2v) is 6.81. The van der Waals surface area contributed by atoms with Crippen LogP contribution in [-0.2, 0) is 17.8 Å². The summed E-state index contributed by atoms with van der Waals surface area (Å²) in [5, 5.41) is 0. The number of rotatable bonds is 6. The molecule has 4 heteroatoms. The number of amides is 1. The van der Waals surface area contributed by atoms with Gasteiger partial charge in [0.05, 0.1) is 0 Å². The summed E-state index contributed by atoms with van der Waals surface area (Å²) in [6.45, 7) is 1.29. The first-order chi connectivity index (χ1) is 13.8. The van der Waals surface area contributed by atoms with Gasteiger partial charge in [-0.2, -0.15) is 0 Å². The monoisotopic (exact) mass is 373 g/mol. The van der Waals surface area contributed by atoms with Crippen molar-refractivity contribution in [2.24, 2.45) is 0 Å². The van der Waals surface area contributed by atoms with Gasteiger partial charge in [0.1, 0.15) is 18.1 Å². The average Bonchev–Trinajstić information content (AvgIpc) is 2.77. The molecule has 0 fully saturated rings. The van der Waals surface area contributed by atoms with Crippen molar-refractivity contribution in [2.75, 3.05) is 18.1 Å². The average molecular weight is 373 g/mol. The fraction of sp³-hybridized carbons (Fsp3) is 0.208. The number of hydrogen-bond acceptors (Lipinski definition) is 3. The SMILES string of the molecule is O=C(COc1ccc(OCc2ccccc2)cc1)N1CCCc2ccccc21. The van der Waals surface area contributed by atoms with Crippen molar-refractivity contribution in [2.45, 2.75) is 19.4 Å². The first kappa shape index (κ1) is 18.1. The van der Waals surface area contributed by atoms with E-state index in [1.165, 1.54) is 5.56 Å². The van der Waals surface area contributed by atoms with Crippen molar-refractivity contribution >= 4 is 11.6 Å². The van der Waals surface area contributed by atoms with Gasteiger partial charge in [-0.15, -0.1) is 0 Å². The zero-order valence-corrected chi connectivity index (χ0v) is 15.7. The largest absolute Gasteiger partial charge is 0.489 e. The molecule has 0 atom stereocenters. The van der Waals surface area contributed by atoms with Crippen molar-refractivity contribution in [1.82, 2.24) is 0 Å². The highest BCUT2D eigenvalue weighted by molar-refractivity contribution is 5.95. The first-order valence-electron chi connectivity index (χ1n) is 9.57. The number of hydrogen-bond donors (Lipinski definition) is 0. The van der Waals surface area contributed by atoms with Gasteiger partial charge in [0.25, 0.3) is 5.91 Å². The standard InChI is InChI=1S/C24H23NO3/c26-24(25-16-6-10-20-9-4-5-11-23(20)25)18-28-22-14-12-21(13-15-22)27-17-19-7-2-1-3-8-19/h1-5,7-9,11-15H,6,10,16-18H2. The molecule has 0 N–H and O–H groups in total. The molecule has 0 saturated heterocycles. The van der Waals surface area contributed by atoms with Crippen molar-refractivity contribution in [3.05, 3.63) is 90.0 Å². The number of ether oxygens (including phenoxy) is 2. The number of nitrogens with zero attached hydrogens (tertiary/aromatic N) is 1. The number of fused-ring (bicyclic) bond motifs is 1. The Labute approximate surface area is 165 Å². The topological polar surface area (TPSA) is 38.8 Å². The Morgan fingerprint density at radius 2 is 1.50 bits per heavy atom. The molecule has 0 radical (unpaired) electrons. The van der Waals surface area contributed by atoms with Crippen LogP contribution in [-0.4, -0.2) is 19.1 Å². The number of carbonyl (C=O) groups excluding carboxylic acids is 1. The molecule has 4 nitrogen and oxygen atoms in total. The summed E-state index contributed by atoms with van der Waals surface area (Å²) in [7, 11) is 0. The molecule has 1 aliphatic heterocycles. The van der Waals surface area contributed by atoms with Gasteiger partial charge in [-0.25, -0.2) is 0 Å². The third kappa shape index (κ3) is 4.34. The number of anilines is 1. The van der Waals surface area contributed by atoms with Gasteiger partial charge in [-0.1, -0.05) is 48.5 Å². The highest BCUT2D eigenvalue weighted by atomic mass is 16.5. The number of carbonyl (C=O) groups is 1. The summed E-state index contributed by atoms with van der Waals surface area (Å²) in [5.41, 5.74) is 3.35. The zero-order chi connectivity index (χ0) is 19.2. The maximum absolute atomic E-state index is 12.6. The number of benzene rings is 3. The quantitative estimate of drug-likeness (QED) is 0.633. The molecule has 28 heavy (non-hydrogen) atoms. The molecular weight excluding hydrogens is 350 g/mol. The minimum Gasteiger partial charge on any atom is -0.489 e. The Hall–Kier alpha value is -3.27. The van der Waals surface area contributed by atoms with Gasteiger partial charge in [0.15, 0.2) is 6.61 Å². The lowest BCUT2D eigenvalue weighted by molar-refractivity contribution is -0.120. The molecule has 142 valence electrons. The summed E-state index contributed by atoms with van der Waals surface area (Å²) in [5.74, 6) is 1.41. The lowest BCUT2D eigenvalue weighted by Gasteiger charge is -2.29. The molecule has 0 saturated carbocycles. The normalized spacial score (nSPS) is 12.9. The number of para-hydroxylation sites is 1. The minimum atomic E-state index is -0.0171. The van der Waals surface area contributed by atoms with Crippen LogP contribution in [0.1, 0.15) is 17.5 Å². The summed E-state index contributed by atoms with van der Waals surface area (Å²) in [6, 6.07) is 25.5. The Morgan fingerprint density at radius 1 is 0.821 bits per heavy atom. The third-order valence-electron chi connectivity index (χ3n) is 4.85. The van der Waals surface area contributed by atoms with Crippen molar-refractivity contribution in [1.29, 1.82) is 0 Å². The lowest BCUT2D eigenvalue weighted by Crippen LogP contribution is -2.38. The van der Waals surface area contributed by atoms with Gasteiger partial charge in [0.2, 0.25) is 0 Å². The van der Waals surface area contributed by atoms with Gasteiger partial charge in [-0.3, -0.25) is 4.79 Å².